The van der Waals surface area contributed by atoms with Crippen LogP contribution in [0.5, 0.6) is 0 Å². The van der Waals surface area contributed by atoms with Crippen LogP contribution in [-0.4, -0.2) is 54.1 Å². The fourth-order valence-corrected chi connectivity index (χ4v) is 2.71. The molecule has 1 unspecified atom stereocenters. The van der Waals surface area contributed by atoms with Crippen LogP contribution in [-0.2, 0) is 4.74 Å². The van der Waals surface area contributed by atoms with E-state index in [4.69, 9.17) is 4.74 Å². The smallest absolute Gasteiger partial charge is 0.272 e. The molecule has 0 spiro atoms. The van der Waals surface area contributed by atoms with Crippen LogP contribution < -0.4 is 5.32 Å². The molecule has 2 rings (SSSR count). The van der Waals surface area contributed by atoms with Crippen molar-refractivity contribution in [2.45, 2.75) is 33.1 Å². The summed E-state index contributed by atoms with van der Waals surface area (Å²) in [6, 6.07) is 1.77. The molecule has 1 fully saturated rings. The van der Waals surface area contributed by atoms with E-state index in [1.54, 1.807) is 13.2 Å². The maximum Gasteiger partial charge on any atom is 0.272 e. The van der Waals surface area contributed by atoms with Gasteiger partial charge in [0.25, 0.3) is 5.91 Å². The number of anilines is 1. The molecule has 1 atom stereocenters. The van der Waals surface area contributed by atoms with E-state index in [-0.39, 0.29) is 5.91 Å². The number of likely N-dealkylation sites (tertiary alicyclic amines) is 1. The van der Waals surface area contributed by atoms with Crippen molar-refractivity contribution in [2.24, 2.45) is 5.92 Å². The van der Waals surface area contributed by atoms with Crippen molar-refractivity contribution in [2.75, 3.05) is 38.7 Å². The van der Waals surface area contributed by atoms with Crippen LogP contribution in [0.2, 0.25) is 0 Å². The Bertz CT molecular complexity index is 507. The minimum absolute atomic E-state index is 0.0111. The highest BCUT2D eigenvalue weighted by Crippen LogP contribution is 2.18. The SMILES string of the molecule is COCCCNc1nc(C)cc(C(=O)N2CCCC(C)C2)n1. The van der Waals surface area contributed by atoms with Gasteiger partial charge in [0, 0.05) is 39.0 Å². The molecule has 22 heavy (non-hydrogen) atoms. The van der Waals surface area contributed by atoms with Gasteiger partial charge in [-0.15, -0.1) is 0 Å². The summed E-state index contributed by atoms with van der Waals surface area (Å²) in [6.07, 6.45) is 3.14. The van der Waals surface area contributed by atoms with Crippen LogP contribution in [0.1, 0.15) is 42.4 Å². The Balaban J connectivity index is 2.03. The van der Waals surface area contributed by atoms with Gasteiger partial charge in [-0.25, -0.2) is 9.97 Å². The van der Waals surface area contributed by atoms with Gasteiger partial charge in [-0.05, 0) is 38.2 Å². The number of hydrogen-bond donors (Lipinski definition) is 1. The van der Waals surface area contributed by atoms with Crippen LogP contribution in [0.4, 0.5) is 5.95 Å². The molecule has 0 aromatic carbocycles. The second kappa shape index (κ2) is 8.08. The summed E-state index contributed by atoms with van der Waals surface area (Å²) in [4.78, 5) is 23.2. The second-order valence-electron chi connectivity index (χ2n) is 5.99. The molecule has 1 aromatic heterocycles. The number of nitrogens with zero attached hydrogens (tertiary/aromatic N) is 3. The number of aromatic nitrogens is 2. The zero-order valence-corrected chi connectivity index (χ0v) is 13.8. The highest BCUT2D eigenvalue weighted by atomic mass is 16.5. The first-order valence-corrected chi connectivity index (χ1v) is 7.98. The number of nitrogens with one attached hydrogen (secondary N) is 1. The van der Waals surface area contributed by atoms with Gasteiger partial charge in [0.1, 0.15) is 5.69 Å². The van der Waals surface area contributed by atoms with E-state index < -0.39 is 0 Å². The molecule has 122 valence electrons. The summed E-state index contributed by atoms with van der Waals surface area (Å²) in [5, 5.41) is 3.15. The zero-order valence-electron chi connectivity index (χ0n) is 13.8. The lowest BCUT2D eigenvalue weighted by Crippen LogP contribution is -2.39. The third kappa shape index (κ3) is 4.66. The van der Waals surface area contributed by atoms with Crippen molar-refractivity contribution in [3.8, 4) is 0 Å². The summed E-state index contributed by atoms with van der Waals surface area (Å²) in [7, 11) is 1.68. The Morgan fingerprint density at radius 3 is 3.05 bits per heavy atom. The van der Waals surface area contributed by atoms with Gasteiger partial charge < -0.3 is 15.0 Å². The highest BCUT2D eigenvalue weighted by molar-refractivity contribution is 5.92. The molecule has 6 heteroatoms. The monoisotopic (exact) mass is 306 g/mol. The Morgan fingerprint density at radius 1 is 1.50 bits per heavy atom. The molecule has 1 aliphatic heterocycles. The van der Waals surface area contributed by atoms with Crippen molar-refractivity contribution in [1.82, 2.24) is 14.9 Å². The Labute approximate surface area is 132 Å². The van der Waals surface area contributed by atoms with Crippen LogP contribution >= 0.6 is 0 Å². The molecule has 0 aliphatic carbocycles. The van der Waals surface area contributed by atoms with Crippen LogP contribution in [0.15, 0.2) is 6.07 Å². The van der Waals surface area contributed by atoms with Crippen molar-refractivity contribution < 1.29 is 9.53 Å². The van der Waals surface area contributed by atoms with Crippen molar-refractivity contribution in [1.29, 1.82) is 0 Å². The molecule has 1 aliphatic rings. The number of methoxy groups -OCH3 is 1. The van der Waals surface area contributed by atoms with Gasteiger partial charge in [-0.2, -0.15) is 0 Å². The molecule has 0 saturated carbocycles. The van der Waals surface area contributed by atoms with Crippen molar-refractivity contribution in [3.63, 3.8) is 0 Å². The molecule has 6 nitrogen and oxygen atoms in total. The zero-order chi connectivity index (χ0) is 15.9. The summed E-state index contributed by atoms with van der Waals surface area (Å²) in [5.41, 5.74) is 1.29. The molecule has 0 radical (unpaired) electrons. The van der Waals surface area contributed by atoms with Gasteiger partial charge in [0.05, 0.1) is 0 Å². The van der Waals surface area contributed by atoms with E-state index in [1.165, 1.54) is 6.42 Å². The van der Waals surface area contributed by atoms with E-state index in [0.717, 1.165) is 38.2 Å². The number of ether oxygens (including phenoxy) is 1. The first-order valence-electron chi connectivity index (χ1n) is 7.98. The molecule has 0 bridgehead atoms. The number of rotatable bonds is 6. The van der Waals surface area contributed by atoms with Crippen LogP contribution in [0.3, 0.4) is 0 Å². The maximum atomic E-state index is 12.6. The number of carbonyl (C=O) groups is 1. The molecule has 1 N–H and O–H groups in total. The molecule has 1 saturated heterocycles. The lowest BCUT2D eigenvalue weighted by Gasteiger charge is -2.30. The van der Waals surface area contributed by atoms with Crippen LogP contribution in [0.25, 0.3) is 0 Å². The van der Waals surface area contributed by atoms with E-state index in [9.17, 15) is 4.79 Å². The molecule has 2 heterocycles. The third-order valence-corrected chi connectivity index (χ3v) is 3.83. The summed E-state index contributed by atoms with van der Waals surface area (Å²) >= 11 is 0. The third-order valence-electron chi connectivity index (χ3n) is 3.83. The number of carbonyl (C=O) groups excluding carboxylic acids is 1. The predicted molar refractivity (Wildman–Crippen MR) is 86.1 cm³/mol. The fraction of sp³-hybridized carbons (Fsp3) is 0.688. The normalized spacial score (nSPS) is 18.3. The van der Waals surface area contributed by atoms with Gasteiger partial charge in [-0.1, -0.05) is 6.92 Å². The summed E-state index contributed by atoms with van der Waals surface area (Å²) < 4.78 is 5.01. The van der Waals surface area contributed by atoms with Crippen molar-refractivity contribution >= 4 is 11.9 Å². The fourth-order valence-electron chi connectivity index (χ4n) is 2.71. The largest absolute Gasteiger partial charge is 0.385 e. The standard InChI is InChI=1S/C16H26N4O2/c1-12-6-4-8-20(11-12)15(21)14-10-13(2)18-16(19-14)17-7-5-9-22-3/h10,12H,4-9,11H2,1-3H3,(H,17,18,19). The first kappa shape index (κ1) is 16.7. The Kier molecular flexibility index (Phi) is 6.12. The average molecular weight is 306 g/mol. The van der Waals surface area contributed by atoms with E-state index in [0.29, 0.717) is 24.2 Å². The molecular weight excluding hydrogens is 280 g/mol. The average Bonchev–Trinajstić information content (AvgIpc) is 2.50. The number of aryl methyl sites for hydroxylation is 1. The number of amides is 1. The first-order chi connectivity index (χ1) is 10.6. The lowest BCUT2D eigenvalue weighted by molar-refractivity contribution is 0.0677. The van der Waals surface area contributed by atoms with E-state index in [2.05, 4.69) is 22.2 Å². The molecule has 1 amide bonds. The van der Waals surface area contributed by atoms with Gasteiger partial charge in [-0.3, -0.25) is 4.79 Å². The van der Waals surface area contributed by atoms with Crippen LogP contribution in [0, 0.1) is 12.8 Å². The Morgan fingerprint density at radius 2 is 2.32 bits per heavy atom. The lowest BCUT2D eigenvalue weighted by atomic mass is 10.00. The number of piperidine rings is 1. The summed E-state index contributed by atoms with van der Waals surface area (Å²) in [5.74, 6) is 1.09. The molecular formula is C16H26N4O2. The minimum atomic E-state index is 0.0111. The summed E-state index contributed by atoms with van der Waals surface area (Å²) in [6.45, 7) is 7.13. The van der Waals surface area contributed by atoms with E-state index in [1.807, 2.05) is 11.8 Å². The second-order valence-corrected chi connectivity index (χ2v) is 5.99. The number of hydrogen-bond acceptors (Lipinski definition) is 5. The highest BCUT2D eigenvalue weighted by Gasteiger charge is 2.23. The molecule has 1 aromatic rings. The van der Waals surface area contributed by atoms with E-state index >= 15 is 0 Å². The minimum Gasteiger partial charge on any atom is -0.385 e. The maximum absolute atomic E-state index is 12.6. The van der Waals surface area contributed by atoms with Crippen molar-refractivity contribution in [3.05, 3.63) is 17.5 Å². The predicted octanol–water partition coefficient (Wildman–Crippen LogP) is 2.11. The van der Waals surface area contributed by atoms with Gasteiger partial charge in [0.15, 0.2) is 0 Å². The van der Waals surface area contributed by atoms with Gasteiger partial charge in [0.2, 0.25) is 5.95 Å². The Hall–Kier alpha value is -1.69. The van der Waals surface area contributed by atoms with Gasteiger partial charge >= 0.3 is 0 Å². The quantitative estimate of drug-likeness (QED) is 0.815. The topological polar surface area (TPSA) is 67.3 Å².